The van der Waals surface area contributed by atoms with Crippen molar-refractivity contribution in [2.45, 2.75) is 13.0 Å². The summed E-state index contributed by atoms with van der Waals surface area (Å²) in [6.45, 7) is 2.96. The first-order valence-electron chi connectivity index (χ1n) is 5.21. The third kappa shape index (κ3) is 3.63. The van der Waals surface area contributed by atoms with Gasteiger partial charge in [0.25, 0.3) is 0 Å². The molecule has 0 aliphatic heterocycles. The number of hydrogen-bond donors (Lipinski definition) is 1. The molecular formula is C12H20N2O. The van der Waals surface area contributed by atoms with Crippen molar-refractivity contribution in [3.05, 3.63) is 35.9 Å². The van der Waals surface area contributed by atoms with Crippen LogP contribution >= 0.6 is 0 Å². The summed E-state index contributed by atoms with van der Waals surface area (Å²) < 4.78 is 0. The van der Waals surface area contributed by atoms with Crippen LogP contribution in [0.1, 0.15) is 18.5 Å². The van der Waals surface area contributed by atoms with Gasteiger partial charge in [-0.25, -0.2) is 0 Å². The van der Waals surface area contributed by atoms with Crippen LogP contribution in [0.4, 0.5) is 0 Å². The molecule has 0 aliphatic carbocycles. The maximum atomic E-state index is 6.16. The second kappa shape index (κ2) is 5.85. The Kier molecular flexibility index (Phi) is 4.75. The molecule has 0 saturated carbocycles. The lowest BCUT2D eigenvalue weighted by atomic mass is 9.95. The fourth-order valence-electron chi connectivity index (χ4n) is 1.60. The Balaban J connectivity index is 2.57. The largest absolute Gasteiger partial charge is 0.324 e. The third-order valence-electron chi connectivity index (χ3n) is 2.65. The predicted octanol–water partition coefficient (Wildman–Crippen LogP) is 1.82. The molecule has 0 saturated heterocycles. The molecule has 3 heteroatoms. The van der Waals surface area contributed by atoms with Crippen molar-refractivity contribution in [1.29, 1.82) is 0 Å². The highest BCUT2D eigenvalue weighted by atomic mass is 16.7. The average Bonchev–Trinajstić information content (AvgIpc) is 2.29. The summed E-state index contributed by atoms with van der Waals surface area (Å²) in [4.78, 5) is 5.08. The molecule has 0 heterocycles. The monoisotopic (exact) mass is 208 g/mol. The lowest BCUT2D eigenvalue weighted by Gasteiger charge is -2.24. The molecular weight excluding hydrogens is 188 g/mol. The first-order valence-corrected chi connectivity index (χ1v) is 5.21. The molecule has 2 unspecified atom stereocenters. The van der Waals surface area contributed by atoms with Crippen molar-refractivity contribution in [3.8, 4) is 0 Å². The standard InChI is InChI=1S/C12H20N2O/c1-10(9-14(2)15-3)12(13)11-7-5-4-6-8-11/h4-8,10,12H,9,13H2,1-3H3. The number of hydroxylamine groups is 2. The van der Waals surface area contributed by atoms with Crippen LogP contribution in [0.2, 0.25) is 0 Å². The molecule has 0 aliphatic rings. The Bertz CT molecular complexity index is 276. The van der Waals surface area contributed by atoms with E-state index >= 15 is 0 Å². The van der Waals surface area contributed by atoms with Gasteiger partial charge in [0, 0.05) is 19.6 Å². The van der Waals surface area contributed by atoms with Gasteiger partial charge in [0.15, 0.2) is 0 Å². The van der Waals surface area contributed by atoms with Crippen molar-refractivity contribution >= 4 is 0 Å². The lowest BCUT2D eigenvalue weighted by molar-refractivity contribution is -0.118. The van der Waals surface area contributed by atoms with Crippen LogP contribution in [-0.2, 0) is 4.84 Å². The van der Waals surface area contributed by atoms with Gasteiger partial charge in [-0.3, -0.25) is 0 Å². The van der Waals surface area contributed by atoms with Crippen LogP contribution in [0.3, 0.4) is 0 Å². The molecule has 0 bridgehead atoms. The third-order valence-corrected chi connectivity index (χ3v) is 2.65. The first-order chi connectivity index (χ1) is 7.15. The maximum Gasteiger partial charge on any atom is 0.0575 e. The molecule has 0 amide bonds. The Morgan fingerprint density at radius 3 is 2.47 bits per heavy atom. The van der Waals surface area contributed by atoms with E-state index in [4.69, 9.17) is 10.6 Å². The highest BCUT2D eigenvalue weighted by molar-refractivity contribution is 5.18. The molecule has 84 valence electrons. The molecule has 0 fully saturated rings. The topological polar surface area (TPSA) is 38.5 Å². The highest BCUT2D eigenvalue weighted by Gasteiger charge is 2.16. The summed E-state index contributed by atoms with van der Waals surface area (Å²) in [6.07, 6.45) is 0. The molecule has 0 aromatic heterocycles. The summed E-state index contributed by atoms with van der Waals surface area (Å²) in [7, 11) is 3.58. The fraction of sp³-hybridized carbons (Fsp3) is 0.500. The van der Waals surface area contributed by atoms with Crippen LogP contribution in [0, 0.1) is 5.92 Å². The zero-order valence-electron chi connectivity index (χ0n) is 9.68. The Morgan fingerprint density at radius 1 is 1.33 bits per heavy atom. The van der Waals surface area contributed by atoms with Crippen molar-refractivity contribution in [1.82, 2.24) is 5.06 Å². The lowest BCUT2D eigenvalue weighted by Crippen LogP contribution is -2.30. The summed E-state index contributed by atoms with van der Waals surface area (Å²) in [6, 6.07) is 10.2. The molecule has 1 rings (SSSR count). The van der Waals surface area contributed by atoms with E-state index in [1.54, 1.807) is 12.2 Å². The highest BCUT2D eigenvalue weighted by Crippen LogP contribution is 2.19. The minimum atomic E-state index is 0.0591. The minimum Gasteiger partial charge on any atom is -0.324 e. The summed E-state index contributed by atoms with van der Waals surface area (Å²) in [5.41, 5.74) is 7.33. The SMILES string of the molecule is CON(C)CC(C)C(N)c1ccccc1. The molecule has 1 aromatic carbocycles. The van der Waals surface area contributed by atoms with Crippen molar-refractivity contribution in [2.24, 2.45) is 11.7 Å². The average molecular weight is 208 g/mol. The van der Waals surface area contributed by atoms with E-state index < -0.39 is 0 Å². The molecule has 2 atom stereocenters. The summed E-state index contributed by atoms with van der Waals surface area (Å²) in [5.74, 6) is 0.359. The van der Waals surface area contributed by atoms with Gasteiger partial charge in [0.2, 0.25) is 0 Å². The molecule has 1 aromatic rings. The Labute approximate surface area is 91.8 Å². The predicted molar refractivity (Wildman–Crippen MR) is 62.2 cm³/mol. The van der Waals surface area contributed by atoms with Crippen molar-refractivity contribution < 1.29 is 4.84 Å². The van der Waals surface area contributed by atoms with Gasteiger partial charge in [-0.1, -0.05) is 37.3 Å². The number of nitrogens with two attached hydrogens (primary N) is 1. The van der Waals surface area contributed by atoms with Crippen LogP contribution in [0.5, 0.6) is 0 Å². The zero-order chi connectivity index (χ0) is 11.3. The number of nitrogens with zero attached hydrogens (tertiary/aromatic N) is 1. The van der Waals surface area contributed by atoms with Crippen LogP contribution < -0.4 is 5.73 Å². The van der Waals surface area contributed by atoms with E-state index in [1.165, 1.54) is 5.56 Å². The maximum absolute atomic E-state index is 6.16. The van der Waals surface area contributed by atoms with Gasteiger partial charge in [-0.15, -0.1) is 0 Å². The normalized spacial score (nSPS) is 15.3. The van der Waals surface area contributed by atoms with E-state index in [-0.39, 0.29) is 6.04 Å². The Hall–Kier alpha value is -0.900. The van der Waals surface area contributed by atoms with E-state index in [9.17, 15) is 0 Å². The van der Waals surface area contributed by atoms with Crippen molar-refractivity contribution in [3.63, 3.8) is 0 Å². The quantitative estimate of drug-likeness (QED) is 0.750. The number of benzene rings is 1. The molecule has 0 radical (unpaired) electrons. The van der Waals surface area contributed by atoms with Crippen molar-refractivity contribution in [2.75, 3.05) is 20.7 Å². The molecule has 2 N–H and O–H groups in total. The summed E-state index contributed by atoms with van der Waals surface area (Å²) >= 11 is 0. The van der Waals surface area contributed by atoms with Crippen LogP contribution in [0.25, 0.3) is 0 Å². The Morgan fingerprint density at radius 2 is 1.93 bits per heavy atom. The van der Waals surface area contributed by atoms with E-state index in [0.717, 1.165) is 6.54 Å². The summed E-state index contributed by atoms with van der Waals surface area (Å²) in [5, 5.41) is 1.80. The molecule has 3 nitrogen and oxygen atoms in total. The van der Waals surface area contributed by atoms with Crippen LogP contribution in [-0.4, -0.2) is 25.8 Å². The van der Waals surface area contributed by atoms with Gasteiger partial charge in [0.1, 0.15) is 0 Å². The molecule has 0 spiro atoms. The van der Waals surface area contributed by atoms with Gasteiger partial charge in [-0.05, 0) is 11.5 Å². The number of hydrogen-bond acceptors (Lipinski definition) is 3. The van der Waals surface area contributed by atoms with Gasteiger partial charge >= 0.3 is 0 Å². The van der Waals surface area contributed by atoms with Gasteiger partial charge < -0.3 is 10.6 Å². The minimum absolute atomic E-state index is 0.0591. The first kappa shape index (κ1) is 12.2. The number of rotatable bonds is 5. The zero-order valence-corrected chi connectivity index (χ0v) is 9.68. The second-order valence-electron chi connectivity index (χ2n) is 3.91. The van der Waals surface area contributed by atoms with E-state index in [0.29, 0.717) is 5.92 Å². The second-order valence-corrected chi connectivity index (χ2v) is 3.91. The van der Waals surface area contributed by atoms with Gasteiger partial charge in [0.05, 0.1) is 7.11 Å². The van der Waals surface area contributed by atoms with Gasteiger partial charge in [-0.2, -0.15) is 5.06 Å². The van der Waals surface area contributed by atoms with E-state index in [1.807, 2.05) is 25.2 Å². The fourth-order valence-corrected chi connectivity index (χ4v) is 1.60. The van der Waals surface area contributed by atoms with Crippen LogP contribution in [0.15, 0.2) is 30.3 Å². The smallest absolute Gasteiger partial charge is 0.0575 e. The van der Waals surface area contributed by atoms with E-state index in [2.05, 4.69) is 19.1 Å². The molecule has 15 heavy (non-hydrogen) atoms.